The molecule has 29 heavy (non-hydrogen) atoms. The van der Waals surface area contributed by atoms with E-state index in [4.69, 9.17) is 0 Å². The molecule has 0 aliphatic carbocycles. The van der Waals surface area contributed by atoms with E-state index in [0.717, 1.165) is 17.7 Å². The van der Waals surface area contributed by atoms with Crippen LogP contribution in [0.4, 0.5) is 0 Å². The summed E-state index contributed by atoms with van der Waals surface area (Å²) in [5, 5.41) is 3.18. The second kappa shape index (κ2) is 7.97. The lowest BCUT2D eigenvalue weighted by molar-refractivity contribution is -0.121. The third-order valence-electron chi connectivity index (χ3n) is 4.64. The molecule has 2 N–H and O–H groups in total. The van der Waals surface area contributed by atoms with Gasteiger partial charge in [-0.3, -0.25) is 19.1 Å². The summed E-state index contributed by atoms with van der Waals surface area (Å²) < 4.78 is 3.24. The van der Waals surface area contributed by atoms with Gasteiger partial charge in [-0.25, -0.2) is 9.78 Å². The van der Waals surface area contributed by atoms with Gasteiger partial charge in [0.25, 0.3) is 5.56 Å². The molecule has 8 heteroatoms. The maximum atomic E-state index is 12.4. The Bertz CT molecular complexity index is 1250. The largest absolute Gasteiger partial charge is 0.350 e. The normalized spacial score (nSPS) is 10.9. The van der Waals surface area contributed by atoms with Crippen LogP contribution in [0.25, 0.3) is 10.9 Å². The Morgan fingerprint density at radius 1 is 1.03 bits per heavy atom. The van der Waals surface area contributed by atoms with E-state index in [-0.39, 0.29) is 12.5 Å². The van der Waals surface area contributed by atoms with Gasteiger partial charge in [0.1, 0.15) is 6.54 Å². The Morgan fingerprint density at radius 2 is 1.79 bits per heavy atom. The number of aromatic amines is 1. The van der Waals surface area contributed by atoms with Crippen LogP contribution in [0.1, 0.15) is 11.1 Å². The van der Waals surface area contributed by atoms with Crippen LogP contribution in [-0.2, 0) is 24.4 Å². The Labute approximate surface area is 165 Å². The van der Waals surface area contributed by atoms with E-state index in [1.807, 2.05) is 35.0 Å². The van der Waals surface area contributed by atoms with Crippen LogP contribution in [0.15, 0.2) is 76.8 Å². The lowest BCUT2D eigenvalue weighted by atomic mass is 10.1. The standard InChI is InChI=1S/C21H19N5O3/c27-19(13-26-18-4-2-1-3-17(18)20(28)24-21(26)29)23-11-15-5-7-16(8-6-15)12-25-10-9-22-14-25/h1-10,14H,11-13H2,(H,23,27)(H,24,28,29). The Morgan fingerprint density at radius 3 is 2.55 bits per heavy atom. The average Bonchev–Trinajstić information content (AvgIpc) is 3.24. The Balaban J connectivity index is 1.41. The molecule has 0 bridgehead atoms. The summed E-state index contributed by atoms with van der Waals surface area (Å²) in [7, 11) is 0. The van der Waals surface area contributed by atoms with Gasteiger partial charge in [-0.15, -0.1) is 0 Å². The number of carbonyl (C=O) groups excluding carboxylic acids is 1. The molecular formula is C21H19N5O3. The van der Waals surface area contributed by atoms with Crippen LogP contribution in [0.3, 0.4) is 0 Å². The minimum atomic E-state index is -0.604. The minimum Gasteiger partial charge on any atom is -0.350 e. The third kappa shape index (κ3) is 4.16. The highest BCUT2D eigenvalue weighted by atomic mass is 16.2. The third-order valence-corrected chi connectivity index (χ3v) is 4.64. The molecule has 8 nitrogen and oxygen atoms in total. The molecule has 4 rings (SSSR count). The zero-order valence-electron chi connectivity index (χ0n) is 15.5. The smallest absolute Gasteiger partial charge is 0.329 e. The molecular weight excluding hydrogens is 370 g/mol. The molecule has 4 aromatic rings. The van der Waals surface area contributed by atoms with E-state index in [1.165, 1.54) is 4.57 Å². The summed E-state index contributed by atoms with van der Waals surface area (Å²) in [6.45, 7) is 0.907. The van der Waals surface area contributed by atoms with Crippen molar-refractivity contribution in [3.05, 3.63) is 99.2 Å². The number of imidazole rings is 1. The van der Waals surface area contributed by atoms with Crippen LogP contribution in [0.2, 0.25) is 0 Å². The maximum absolute atomic E-state index is 12.4. The first-order valence-electron chi connectivity index (χ1n) is 9.12. The van der Waals surface area contributed by atoms with Crippen molar-refractivity contribution in [3.8, 4) is 0 Å². The molecule has 0 atom stereocenters. The molecule has 2 aromatic heterocycles. The van der Waals surface area contributed by atoms with E-state index in [0.29, 0.717) is 17.4 Å². The number of nitrogens with zero attached hydrogens (tertiary/aromatic N) is 3. The Hall–Kier alpha value is -3.94. The number of hydrogen-bond acceptors (Lipinski definition) is 4. The first-order valence-corrected chi connectivity index (χ1v) is 9.12. The first-order chi connectivity index (χ1) is 14.1. The van der Waals surface area contributed by atoms with E-state index in [9.17, 15) is 14.4 Å². The molecule has 0 fully saturated rings. The van der Waals surface area contributed by atoms with Crippen LogP contribution >= 0.6 is 0 Å². The van der Waals surface area contributed by atoms with Gasteiger partial charge in [0.05, 0.1) is 17.2 Å². The zero-order valence-corrected chi connectivity index (χ0v) is 15.5. The van der Waals surface area contributed by atoms with Gasteiger partial charge < -0.3 is 9.88 Å². The molecule has 0 radical (unpaired) electrons. The summed E-state index contributed by atoms with van der Waals surface area (Å²) >= 11 is 0. The van der Waals surface area contributed by atoms with Crippen LogP contribution < -0.4 is 16.6 Å². The number of benzene rings is 2. The lowest BCUT2D eigenvalue weighted by Gasteiger charge is -2.10. The van der Waals surface area contributed by atoms with E-state index in [2.05, 4.69) is 15.3 Å². The summed E-state index contributed by atoms with van der Waals surface area (Å²) in [5.74, 6) is -0.313. The average molecular weight is 389 g/mol. The monoisotopic (exact) mass is 389 g/mol. The van der Waals surface area contributed by atoms with Gasteiger partial charge in [-0.05, 0) is 23.3 Å². The van der Waals surface area contributed by atoms with Crippen LogP contribution in [0.5, 0.6) is 0 Å². The summed E-state index contributed by atoms with van der Waals surface area (Å²) in [5.41, 5.74) is 1.45. The van der Waals surface area contributed by atoms with Gasteiger partial charge in [0.2, 0.25) is 5.91 Å². The quantitative estimate of drug-likeness (QED) is 0.518. The fourth-order valence-corrected chi connectivity index (χ4v) is 3.15. The molecule has 0 spiro atoms. The molecule has 0 saturated carbocycles. The fraction of sp³-hybridized carbons (Fsp3) is 0.143. The number of para-hydroxylation sites is 1. The molecule has 2 aromatic carbocycles. The highest BCUT2D eigenvalue weighted by molar-refractivity contribution is 5.81. The number of carbonyl (C=O) groups is 1. The molecule has 0 aliphatic heterocycles. The molecule has 0 saturated heterocycles. The van der Waals surface area contributed by atoms with Crippen molar-refractivity contribution in [3.63, 3.8) is 0 Å². The van der Waals surface area contributed by atoms with E-state index < -0.39 is 11.2 Å². The summed E-state index contributed by atoms with van der Waals surface area (Å²) in [4.78, 5) is 42.7. The predicted octanol–water partition coefficient (Wildman–Crippen LogP) is 1.25. The predicted molar refractivity (Wildman–Crippen MR) is 108 cm³/mol. The van der Waals surface area contributed by atoms with Crippen molar-refractivity contribution in [1.29, 1.82) is 0 Å². The van der Waals surface area contributed by atoms with Crippen LogP contribution in [0, 0.1) is 0 Å². The highest BCUT2D eigenvalue weighted by Crippen LogP contribution is 2.08. The number of fused-ring (bicyclic) bond motifs is 1. The summed E-state index contributed by atoms with van der Waals surface area (Å²) in [6.07, 6.45) is 5.40. The van der Waals surface area contributed by atoms with Crippen molar-refractivity contribution in [2.24, 2.45) is 0 Å². The first kappa shape index (κ1) is 18.4. The van der Waals surface area contributed by atoms with E-state index in [1.54, 1.807) is 36.8 Å². The second-order valence-electron chi connectivity index (χ2n) is 6.69. The molecule has 0 unspecified atom stereocenters. The second-order valence-corrected chi connectivity index (χ2v) is 6.69. The highest BCUT2D eigenvalue weighted by Gasteiger charge is 2.10. The number of aromatic nitrogens is 4. The van der Waals surface area contributed by atoms with Crippen molar-refractivity contribution >= 4 is 16.8 Å². The number of hydrogen-bond donors (Lipinski definition) is 2. The maximum Gasteiger partial charge on any atom is 0.329 e. The van der Waals surface area contributed by atoms with Crippen molar-refractivity contribution in [2.75, 3.05) is 0 Å². The van der Waals surface area contributed by atoms with Crippen LogP contribution in [-0.4, -0.2) is 25.0 Å². The fourth-order valence-electron chi connectivity index (χ4n) is 3.15. The summed E-state index contributed by atoms with van der Waals surface area (Å²) in [6, 6.07) is 14.6. The number of amides is 1. The molecule has 1 amide bonds. The minimum absolute atomic E-state index is 0.172. The van der Waals surface area contributed by atoms with Crippen molar-refractivity contribution in [2.45, 2.75) is 19.6 Å². The van der Waals surface area contributed by atoms with E-state index >= 15 is 0 Å². The van der Waals surface area contributed by atoms with Gasteiger partial charge in [-0.2, -0.15) is 0 Å². The molecule has 0 aliphatic rings. The molecule has 146 valence electrons. The van der Waals surface area contributed by atoms with Gasteiger partial charge in [-0.1, -0.05) is 36.4 Å². The van der Waals surface area contributed by atoms with Crippen molar-refractivity contribution in [1.82, 2.24) is 24.4 Å². The zero-order chi connectivity index (χ0) is 20.2. The number of H-pyrrole nitrogens is 1. The number of rotatable bonds is 6. The van der Waals surface area contributed by atoms with Crippen molar-refractivity contribution < 1.29 is 4.79 Å². The SMILES string of the molecule is O=C(Cn1c(=O)[nH]c(=O)c2ccccc21)NCc1ccc(Cn2ccnc2)cc1. The lowest BCUT2D eigenvalue weighted by Crippen LogP contribution is -2.36. The van der Waals surface area contributed by atoms with Gasteiger partial charge in [0.15, 0.2) is 0 Å². The number of nitrogens with one attached hydrogen (secondary N) is 2. The molecule has 2 heterocycles. The Kier molecular flexibility index (Phi) is 5.07. The topological polar surface area (TPSA) is 102 Å². The van der Waals surface area contributed by atoms with Gasteiger partial charge >= 0.3 is 5.69 Å². The van der Waals surface area contributed by atoms with Gasteiger partial charge in [0, 0.05) is 25.5 Å².